The maximum Gasteiger partial charge on any atom is 0.139 e. The number of carbonyl (C=O) groups excluding carboxylic acids is 1. The highest BCUT2D eigenvalue weighted by molar-refractivity contribution is 5.65. The second kappa shape index (κ2) is 3.54. The number of hydrogen-bond acceptors (Lipinski definition) is 2. The van der Waals surface area contributed by atoms with Crippen LogP contribution < -0.4 is 5.73 Å². The van der Waals surface area contributed by atoms with Crippen LogP contribution in [0.3, 0.4) is 0 Å². The van der Waals surface area contributed by atoms with E-state index in [4.69, 9.17) is 5.73 Å². The van der Waals surface area contributed by atoms with E-state index in [0.29, 0.717) is 5.92 Å². The van der Waals surface area contributed by atoms with Gasteiger partial charge in [0.25, 0.3) is 0 Å². The van der Waals surface area contributed by atoms with Gasteiger partial charge in [-0.05, 0) is 30.7 Å². The summed E-state index contributed by atoms with van der Waals surface area (Å²) in [6, 6.07) is 10.4. The highest BCUT2D eigenvalue weighted by Gasteiger charge is 2.40. The smallest absolute Gasteiger partial charge is 0.139 e. The molecule has 0 unspecified atom stereocenters. The highest BCUT2D eigenvalue weighted by atomic mass is 16.1. The molecular weight excluding hydrogens is 174 g/mol. The fraction of sp³-hybridized carbons (Fsp3) is 0.417. The lowest BCUT2D eigenvalue weighted by Gasteiger charge is -2.40. The van der Waals surface area contributed by atoms with Crippen LogP contribution in [0.25, 0.3) is 0 Å². The van der Waals surface area contributed by atoms with Crippen LogP contribution in [0.4, 0.5) is 0 Å². The van der Waals surface area contributed by atoms with Crippen LogP contribution in [-0.4, -0.2) is 11.8 Å². The molecule has 0 radical (unpaired) electrons. The minimum absolute atomic E-state index is 0.514. The van der Waals surface area contributed by atoms with Gasteiger partial charge in [-0.1, -0.05) is 30.3 Å². The van der Waals surface area contributed by atoms with Crippen LogP contribution in [-0.2, 0) is 11.2 Å². The maximum atomic E-state index is 10.6. The molecule has 1 aromatic rings. The summed E-state index contributed by atoms with van der Waals surface area (Å²) in [7, 11) is 0. The molecule has 0 spiro atoms. The molecule has 1 fully saturated rings. The van der Waals surface area contributed by atoms with Gasteiger partial charge in [0, 0.05) is 0 Å². The molecule has 0 aliphatic heterocycles. The quantitative estimate of drug-likeness (QED) is 0.733. The van der Waals surface area contributed by atoms with Crippen molar-refractivity contribution in [2.75, 3.05) is 0 Å². The molecule has 2 nitrogen and oxygen atoms in total. The third-order valence-electron chi connectivity index (χ3n) is 2.94. The van der Waals surface area contributed by atoms with E-state index in [9.17, 15) is 4.79 Å². The monoisotopic (exact) mass is 189 g/mol. The minimum atomic E-state index is -0.514. The summed E-state index contributed by atoms with van der Waals surface area (Å²) in [5.74, 6) is 0.590. The predicted octanol–water partition coefficient (Wildman–Crippen LogP) is 1.54. The fourth-order valence-corrected chi connectivity index (χ4v) is 2.20. The zero-order chi connectivity index (χ0) is 10.0. The van der Waals surface area contributed by atoms with E-state index in [1.54, 1.807) is 0 Å². The molecule has 1 aromatic carbocycles. The first-order chi connectivity index (χ1) is 6.72. The van der Waals surface area contributed by atoms with Crippen LogP contribution >= 0.6 is 0 Å². The molecule has 1 saturated carbocycles. The highest BCUT2D eigenvalue weighted by Crippen LogP contribution is 2.36. The molecule has 2 N–H and O–H groups in total. The summed E-state index contributed by atoms with van der Waals surface area (Å²) in [5, 5.41) is 0. The maximum absolute atomic E-state index is 10.6. The van der Waals surface area contributed by atoms with Crippen molar-refractivity contribution in [3.05, 3.63) is 35.9 Å². The van der Waals surface area contributed by atoms with Crippen molar-refractivity contribution in [2.45, 2.75) is 24.8 Å². The van der Waals surface area contributed by atoms with Gasteiger partial charge < -0.3 is 10.5 Å². The third-order valence-corrected chi connectivity index (χ3v) is 2.94. The summed E-state index contributed by atoms with van der Waals surface area (Å²) >= 11 is 0. The average Bonchev–Trinajstić information content (AvgIpc) is 2.17. The van der Waals surface area contributed by atoms with Gasteiger partial charge in [0.05, 0.1) is 5.54 Å². The SMILES string of the molecule is NC1(C=O)CC(Cc2ccccc2)C1. The van der Waals surface area contributed by atoms with E-state index in [1.807, 2.05) is 18.2 Å². The van der Waals surface area contributed by atoms with Gasteiger partial charge in [-0.25, -0.2) is 0 Å². The van der Waals surface area contributed by atoms with E-state index in [2.05, 4.69) is 12.1 Å². The molecule has 0 aromatic heterocycles. The number of carbonyl (C=O) groups is 1. The van der Waals surface area contributed by atoms with E-state index in [1.165, 1.54) is 5.56 Å². The summed E-state index contributed by atoms with van der Waals surface area (Å²) in [4.78, 5) is 10.6. The Hall–Kier alpha value is -1.15. The van der Waals surface area contributed by atoms with Gasteiger partial charge in [0.1, 0.15) is 6.29 Å². The van der Waals surface area contributed by atoms with Gasteiger partial charge in [-0.2, -0.15) is 0 Å². The average molecular weight is 189 g/mol. The lowest BCUT2D eigenvalue weighted by Crippen LogP contribution is -2.53. The number of aldehydes is 1. The van der Waals surface area contributed by atoms with E-state index >= 15 is 0 Å². The number of benzene rings is 1. The lowest BCUT2D eigenvalue weighted by molar-refractivity contribution is -0.116. The molecule has 2 heteroatoms. The van der Waals surface area contributed by atoms with Crippen LogP contribution in [0.15, 0.2) is 30.3 Å². The van der Waals surface area contributed by atoms with Crippen molar-refractivity contribution in [2.24, 2.45) is 11.7 Å². The first-order valence-electron chi connectivity index (χ1n) is 5.01. The number of hydrogen-bond donors (Lipinski definition) is 1. The van der Waals surface area contributed by atoms with Crippen molar-refractivity contribution in [1.82, 2.24) is 0 Å². The molecule has 0 atom stereocenters. The Kier molecular flexibility index (Phi) is 2.38. The largest absolute Gasteiger partial charge is 0.319 e. The Morgan fingerprint density at radius 1 is 1.36 bits per heavy atom. The van der Waals surface area contributed by atoms with Crippen molar-refractivity contribution in [1.29, 1.82) is 0 Å². The Bertz CT molecular complexity index is 314. The van der Waals surface area contributed by atoms with Gasteiger partial charge >= 0.3 is 0 Å². The fourth-order valence-electron chi connectivity index (χ4n) is 2.20. The molecule has 14 heavy (non-hydrogen) atoms. The number of nitrogens with two attached hydrogens (primary N) is 1. The first kappa shape index (κ1) is 9.41. The third kappa shape index (κ3) is 1.85. The molecule has 2 rings (SSSR count). The Labute approximate surface area is 84.1 Å². The van der Waals surface area contributed by atoms with Crippen LogP contribution in [0.2, 0.25) is 0 Å². The molecule has 0 amide bonds. The second-order valence-electron chi connectivity index (χ2n) is 4.32. The van der Waals surface area contributed by atoms with Crippen LogP contribution in [0.5, 0.6) is 0 Å². The standard InChI is InChI=1S/C12H15NO/c13-12(9-14)7-11(8-12)6-10-4-2-1-3-5-10/h1-5,9,11H,6-8,13H2. The predicted molar refractivity (Wildman–Crippen MR) is 55.9 cm³/mol. The van der Waals surface area contributed by atoms with E-state index < -0.39 is 5.54 Å². The van der Waals surface area contributed by atoms with Crippen molar-refractivity contribution in [3.8, 4) is 0 Å². The lowest BCUT2D eigenvalue weighted by atomic mass is 9.67. The van der Waals surface area contributed by atoms with Gasteiger partial charge in [-0.15, -0.1) is 0 Å². The normalized spacial score (nSPS) is 30.8. The minimum Gasteiger partial charge on any atom is -0.319 e. The summed E-state index contributed by atoms with van der Waals surface area (Å²) < 4.78 is 0. The molecule has 1 aliphatic rings. The van der Waals surface area contributed by atoms with Gasteiger partial charge in [0.2, 0.25) is 0 Å². The molecule has 1 aliphatic carbocycles. The van der Waals surface area contributed by atoms with E-state index in [-0.39, 0.29) is 0 Å². The van der Waals surface area contributed by atoms with E-state index in [0.717, 1.165) is 25.5 Å². The molecule has 0 bridgehead atoms. The van der Waals surface area contributed by atoms with Crippen LogP contribution in [0.1, 0.15) is 18.4 Å². The zero-order valence-electron chi connectivity index (χ0n) is 8.15. The zero-order valence-corrected chi connectivity index (χ0v) is 8.15. The van der Waals surface area contributed by atoms with Gasteiger partial charge in [0.15, 0.2) is 0 Å². The second-order valence-corrected chi connectivity index (χ2v) is 4.32. The summed E-state index contributed by atoms with van der Waals surface area (Å²) in [6.07, 6.45) is 3.62. The van der Waals surface area contributed by atoms with Crippen molar-refractivity contribution < 1.29 is 4.79 Å². The first-order valence-corrected chi connectivity index (χ1v) is 5.01. The Morgan fingerprint density at radius 2 is 2.00 bits per heavy atom. The topological polar surface area (TPSA) is 43.1 Å². The molecule has 0 saturated heterocycles. The Morgan fingerprint density at radius 3 is 2.57 bits per heavy atom. The van der Waals surface area contributed by atoms with Gasteiger partial charge in [-0.3, -0.25) is 0 Å². The van der Waals surface area contributed by atoms with Crippen molar-refractivity contribution >= 4 is 6.29 Å². The van der Waals surface area contributed by atoms with Crippen LogP contribution in [0, 0.1) is 5.92 Å². The Balaban J connectivity index is 1.88. The number of rotatable bonds is 3. The molecular formula is C12H15NO. The molecule has 74 valence electrons. The summed E-state index contributed by atoms with van der Waals surface area (Å²) in [5.41, 5.74) is 6.60. The van der Waals surface area contributed by atoms with Crippen molar-refractivity contribution in [3.63, 3.8) is 0 Å². The molecule has 0 heterocycles. The summed E-state index contributed by atoms with van der Waals surface area (Å²) in [6.45, 7) is 0.